The summed E-state index contributed by atoms with van der Waals surface area (Å²) in [5.41, 5.74) is 0.673. The Morgan fingerprint density at radius 3 is 2.29 bits per heavy atom. The number of carboxylic acids is 1. The lowest BCUT2D eigenvalue weighted by molar-refractivity contribution is -0.158. The van der Waals surface area contributed by atoms with Crippen LogP contribution in [0.15, 0.2) is 11.1 Å². The molecule has 0 aliphatic carbocycles. The van der Waals surface area contributed by atoms with Crippen molar-refractivity contribution in [1.29, 1.82) is 0 Å². The largest absolute Gasteiger partial charge is 0.480 e. The maximum Gasteiger partial charge on any atom is 0.329 e. The topological polar surface area (TPSA) is 94.9 Å². The van der Waals surface area contributed by atoms with Crippen molar-refractivity contribution in [2.24, 2.45) is 0 Å². The lowest BCUT2D eigenvalue weighted by atomic mass is 10.0. The van der Waals surface area contributed by atoms with Crippen molar-refractivity contribution in [3.8, 4) is 0 Å². The predicted octanol–water partition coefficient (Wildman–Crippen LogP) is 1.48. The molecule has 2 amide bonds. The van der Waals surface area contributed by atoms with Crippen molar-refractivity contribution in [3.63, 3.8) is 0 Å². The van der Waals surface area contributed by atoms with Gasteiger partial charge in [-0.1, -0.05) is 26.2 Å². The molecule has 0 saturated heterocycles. The average Bonchev–Trinajstić information content (AvgIpc) is 2.60. The Kier molecular flexibility index (Phi) is 6.08. The number of aliphatic carboxylic acids is 1. The standard InChI is InChI=1S/C15H23NO5/c1-4-5-6-7-8-11-9(2)13(18)16(14(11)19)12(10(3)17)15(20)21/h10,12,17H,4-8H2,1-3H3,(H,20,21)/t10-,12+/m1/s1. The van der Waals surface area contributed by atoms with Gasteiger partial charge in [0, 0.05) is 11.1 Å². The highest BCUT2D eigenvalue weighted by Crippen LogP contribution is 2.27. The number of hydrogen-bond donors (Lipinski definition) is 2. The van der Waals surface area contributed by atoms with E-state index in [-0.39, 0.29) is 0 Å². The highest BCUT2D eigenvalue weighted by molar-refractivity contribution is 6.20. The van der Waals surface area contributed by atoms with Crippen LogP contribution in [0.25, 0.3) is 0 Å². The highest BCUT2D eigenvalue weighted by Gasteiger charge is 2.44. The fraction of sp³-hybridized carbons (Fsp3) is 0.667. The van der Waals surface area contributed by atoms with Crippen molar-refractivity contribution < 1.29 is 24.6 Å². The van der Waals surface area contributed by atoms with Crippen molar-refractivity contribution in [2.75, 3.05) is 0 Å². The zero-order valence-corrected chi connectivity index (χ0v) is 12.8. The van der Waals surface area contributed by atoms with E-state index in [4.69, 9.17) is 5.11 Å². The van der Waals surface area contributed by atoms with Crippen molar-refractivity contribution in [3.05, 3.63) is 11.1 Å². The van der Waals surface area contributed by atoms with E-state index in [1.807, 2.05) is 0 Å². The Morgan fingerprint density at radius 2 is 1.81 bits per heavy atom. The summed E-state index contributed by atoms with van der Waals surface area (Å²) in [4.78, 5) is 36.3. The van der Waals surface area contributed by atoms with Crippen molar-refractivity contribution in [1.82, 2.24) is 4.90 Å². The van der Waals surface area contributed by atoms with Crippen LogP contribution in [0.2, 0.25) is 0 Å². The van der Waals surface area contributed by atoms with Gasteiger partial charge >= 0.3 is 5.97 Å². The molecule has 0 fully saturated rings. The van der Waals surface area contributed by atoms with E-state index >= 15 is 0 Å². The summed E-state index contributed by atoms with van der Waals surface area (Å²) in [6.07, 6.45) is 3.04. The maximum atomic E-state index is 12.3. The minimum atomic E-state index is -1.53. The Morgan fingerprint density at radius 1 is 1.19 bits per heavy atom. The smallest absolute Gasteiger partial charge is 0.329 e. The van der Waals surface area contributed by atoms with Gasteiger partial charge in [0.1, 0.15) is 0 Å². The van der Waals surface area contributed by atoms with Crippen LogP contribution >= 0.6 is 0 Å². The molecule has 21 heavy (non-hydrogen) atoms. The normalized spacial score (nSPS) is 18.4. The second kappa shape index (κ2) is 7.36. The molecule has 1 aliphatic heterocycles. The number of aliphatic hydroxyl groups excluding tert-OH is 1. The zero-order chi connectivity index (χ0) is 16.2. The Labute approximate surface area is 124 Å². The molecule has 0 aromatic heterocycles. The van der Waals surface area contributed by atoms with Crippen LogP contribution in [0.1, 0.15) is 52.9 Å². The van der Waals surface area contributed by atoms with E-state index in [2.05, 4.69) is 6.92 Å². The average molecular weight is 297 g/mol. The van der Waals surface area contributed by atoms with Gasteiger partial charge in [0.15, 0.2) is 6.04 Å². The minimum Gasteiger partial charge on any atom is -0.480 e. The molecule has 2 atom stereocenters. The first kappa shape index (κ1) is 17.4. The molecule has 0 unspecified atom stereocenters. The van der Waals surface area contributed by atoms with Crippen molar-refractivity contribution in [2.45, 2.75) is 65.0 Å². The second-order valence-corrected chi connectivity index (χ2v) is 5.42. The van der Waals surface area contributed by atoms with E-state index in [0.29, 0.717) is 22.5 Å². The third kappa shape index (κ3) is 3.69. The molecule has 0 aromatic carbocycles. The molecule has 1 rings (SSSR count). The first-order valence-electron chi connectivity index (χ1n) is 7.31. The summed E-state index contributed by atoms with van der Waals surface area (Å²) in [6.45, 7) is 4.88. The molecule has 0 radical (unpaired) electrons. The summed E-state index contributed by atoms with van der Waals surface area (Å²) in [5, 5.41) is 18.7. The van der Waals surface area contributed by atoms with Crippen LogP contribution in [0.5, 0.6) is 0 Å². The molecule has 6 nitrogen and oxygen atoms in total. The molecule has 118 valence electrons. The predicted molar refractivity (Wildman–Crippen MR) is 76.4 cm³/mol. The van der Waals surface area contributed by atoms with Gasteiger partial charge in [-0.3, -0.25) is 14.5 Å². The van der Waals surface area contributed by atoms with E-state index < -0.39 is 29.9 Å². The van der Waals surface area contributed by atoms with E-state index in [1.165, 1.54) is 13.8 Å². The molecule has 1 aliphatic rings. The Hall–Kier alpha value is -1.69. The van der Waals surface area contributed by atoms with Crippen LogP contribution in [-0.2, 0) is 14.4 Å². The summed E-state index contributed by atoms with van der Waals surface area (Å²) in [5.74, 6) is -2.58. The molecule has 6 heteroatoms. The number of nitrogens with zero attached hydrogens (tertiary/aromatic N) is 1. The number of carbonyl (C=O) groups is 3. The summed E-state index contributed by atoms with van der Waals surface area (Å²) >= 11 is 0. The van der Waals surface area contributed by atoms with Gasteiger partial charge in [0.2, 0.25) is 0 Å². The molecule has 0 spiro atoms. The quantitative estimate of drug-likeness (QED) is 0.522. The lowest BCUT2D eigenvalue weighted by Crippen LogP contribution is -2.51. The summed E-state index contributed by atoms with van der Waals surface area (Å²) in [7, 11) is 0. The molecular formula is C15H23NO5. The van der Waals surface area contributed by atoms with Gasteiger partial charge in [0.05, 0.1) is 6.10 Å². The second-order valence-electron chi connectivity index (χ2n) is 5.42. The Bertz CT molecular complexity index is 467. The maximum absolute atomic E-state index is 12.3. The van der Waals surface area contributed by atoms with Gasteiger partial charge < -0.3 is 10.2 Å². The number of hydrogen-bond acceptors (Lipinski definition) is 4. The number of aliphatic hydroxyl groups is 1. The highest BCUT2D eigenvalue weighted by atomic mass is 16.4. The molecule has 0 bridgehead atoms. The zero-order valence-electron chi connectivity index (χ0n) is 12.8. The third-order valence-electron chi connectivity index (χ3n) is 3.74. The van der Waals surface area contributed by atoms with Gasteiger partial charge in [-0.05, 0) is 26.7 Å². The number of carbonyl (C=O) groups excluding carboxylic acids is 2. The SMILES string of the molecule is CCCCCCC1=C(C)C(=O)N([C@H](C(=O)O)[C@@H](C)O)C1=O. The van der Waals surface area contributed by atoms with Gasteiger partial charge in [-0.15, -0.1) is 0 Å². The number of imide groups is 1. The number of unbranched alkanes of at least 4 members (excludes halogenated alkanes) is 3. The fourth-order valence-electron chi connectivity index (χ4n) is 2.52. The van der Waals surface area contributed by atoms with Crippen molar-refractivity contribution >= 4 is 17.8 Å². The molecule has 0 saturated carbocycles. The number of amides is 2. The molecule has 1 heterocycles. The lowest BCUT2D eigenvalue weighted by Gasteiger charge is -2.25. The molecular weight excluding hydrogens is 274 g/mol. The first-order chi connectivity index (χ1) is 9.82. The van der Waals surface area contributed by atoms with E-state index in [1.54, 1.807) is 0 Å². The summed E-state index contributed by atoms with van der Waals surface area (Å²) in [6, 6.07) is -1.53. The number of rotatable bonds is 8. The molecule has 0 aromatic rings. The van der Waals surface area contributed by atoms with Gasteiger partial charge in [-0.2, -0.15) is 0 Å². The van der Waals surface area contributed by atoms with Crippen LogP contribution in [0.4, 0.5) is 0 Å². The number of carboxylic acid groups (broad SMARTS) is 1. The van der Waals surface area contributed by atoms with Crippen LogP contribution in [0, 0.1) is 0 Å². The van der Waals surface area contributed by atoms with Gasteiger partial charge in [-0.25, -0.2) is 4.79 Å². The molecule has 2 N–H and O–H groups in total. The minimum absolute atomic E-state index is 0.295. The fourth-order valence-corrected chi connectivity index (χ4v) is 2.52. The van der Waals surface area contributed by atoms with Crippen LogP contribution in [0.3, 0.4) is 0 Å². The van der Waals surface area contributed by atoms with E-state index in [9.17, 15) is 19.5 Å². The van der Waals surface area contributed by atoms with Crippen LogP contribution < -0.4 is 0 Å². The summed E-state index contributed by atoms with van der Waals surface area (Å²) < 4.78 is 0. The Balaban J connectivity index is 2.88. The monoisotopic (exact) mass is 297 g/mol. The van der Waals surface area contributed by atoms with Crippen LogP contribution in [-0.4, -0.2) is 45.0 Å². The first-order valence-corrected chi connectivity index (χ1v) is 7.31. The van der Waals surface area contributed by atoms with E-state index in [0.717, 1.165) is 25.7 Å². The third-order valence-corrected chi connectivity index (χ3v) is 3.74. The van der Waals surface area contributed by atoms with Gasteiger partial charge in [0.25, 0.3) is 11.8 Å².